The van der Waals surface area contributed by atoms with Gasteiger partial charge in [0.05, 0.1) is 11.7 Å². The van der Waals surface area contributed by atoms with Gasteiger partial charge >= 0.3 is 0 Å². The average Bonchev–Trinajstić information content (AvgIpc) is 2.19. The number of hydrogen-bond acceptors (Lipinski definition) is 3. The van der Waals surface area contributed by atoms with Crippen molar-refractivity contribution < 1.29 is 0 Å². The second-order valence-electron chi connectivity index (χ2n) is 3.34. The number of aryl methyl sites for hydroxylation is 1. The maximum atomic E-state index is 5.47. The SMILES string of the molecule is C=CCCC(NN)c1cc(C)ccn1. The fourth-order valence-electron chi connectivity index (χ4n) is 1.35. The maximum absolute atomic E-state index is 5.47. The summed E-state index contributed by atoms with van der Waals surface area (Å²) in [7, 11) is 0. The van der Waals surface area contributed by atoms with Crippen molar-refractivity contribution in [1.29, 1.82) is 0 Å². The van der Waals surface area contributed by atoms with Crippen LogP contribution < -0.4 is 11.3 Å². The molecule has 0 radical (unpaired) electrons. The first-order valence-electron chi connectivity index (χ1n) is 4.77. The van der Waals surface area contributed by atoms with Crippen LogP contribution in [-0.4, -0.2) is 4.98 Å². The summed E-state index contributed by atoms with van der Waals surface area (Å²) in [5.41, 5.74) is 4.97. The molecule has 0 saturated carbocycles. The third-order valence-electron chi connectivity index (χ3n) is 2.15. The molecule has 0 aliphatic carbocycles. The van der Waals surface area contributed by atoms with E-state index in [1.165, 1.54) is 5.56 Å². The molecule has 1 aromatic rings. The molecule has 0 aliphatic rings. The summed E-state index contributed by atoms with van der Waals surface area (Å²) >= 11 is 0. The molecule has 76 valence electrons. The Labute approximate surface area is 85.0 Å². The third kappa shape index (κ3) is 2.94. The van der Waals surface area contributed by atoms with Gasteiger partial charge in [-0.1, -0.05) is 6.08 Å². The Kier molecular flexibility index (Phi) is 4.29. The Balaban J connectivity index is 2.72. The van der Waals surface area contributed by atoms with E-state index in [1.807, 2.05) is 31.3 Å². The van der Waals surface area contributed by atoms with Crippen LogP contribution in [0.25, 0.3) is 0 Å². The number of hydrogen-bond donors (Lipinski definition) is 2. The largest absolute Gasteiger partial charge is 0.271 e. The van der Waals surface area contributed by atoms with Crippen molar-refractivity contribution >= 4 is 0 Å². The lowest BCUT2D eigenvalue weighted by Gasteiger charge is -2.14. The molecule has 0 spiro atoms. The number of hydrazine groups is 1. The molecule has 0 bridgehead atoms. The van der Waals surface area contributed by atoms with Gasteiger partial charge in [0.25, 0.3) is 0 Å². The zero-order valence-electron chi connectivity index (χ0n) is 8.53. The third-order valence-corrected chi connectivity index (χ3v) is 2.15. The summed E-state index contributed by atoms with van der Waals surface area (Å²) in [4.78, 5) is 4.29. The van der Waals surface area contributed by atoms with Crippen LogP contribution in [0.2, 0.25) is 0 Å². The highest BCUT2D eigenvalue weighted by Crippen LogP contribution is 2.16. The molecule has 0 saturated heterocycles. The van der Waals surface area contributed by atoms with E-state index in [9.17, 15) is 0 Å². The Morgan fingerprint density at radius 2 is 2.50 bits per heavy atom. The standard InChI is InChI=1S/C11H17N3/c1-3-4-5-10(14-12)11-8-9(2)6-7-13-11/h3,6-8,10,14H,1,4-5,12H2,2H3. The zero-order chi connectivity index (χ0) is 10.4. The van der Waals surface area contributed by atoms with Crippen LogP contribution in [0.3, 0.4) is 0 Å². The van der Waals surface area contributed by atoms with Gasteiger partial charge in [0.2, 0.25) is 0 Å². The van der Waals surface area contributed by atoms with Gasteiger partial charge in [0, 0.05) is 6.20 Å². The minimum atomic E-state index is 0.118. The fraction of sp³-hybridized carbons (Fsp3) is 0.364. The minimum Gasteiger partial charge on any atom is -0.271 e. The molecule has 0 fully saturated rings. The number of allylic oxidation sites excluding steroid dienone is 1. The van der Waals surface area contributed by atoms with Gasteiger partial charge in [-0.25, -0.2) is 0 Å². The molecule has 1 heterocycles. The van der Waals surface area contributed by atoms with E-state index in [0.717, 1.165) is 18.5 Å². The number of aromatic nitrogens is 1. The van der Waals surface area contributed by atoms with Crippen molar-refractivity contribution in [3.63, 3.8) is 0 Å². The van der Waals surface area contributed by atoms with Crippen molar-refractivity contribution in [2.45, 2.75) is 25.8 Å². The van der Waals surface area contributed by atoms with Crippen LogP contribution in [-0.2, 0) is 0 Å². The molecule has 3 N–H and O–H groups in total. The van der Waals surface area contributed by atoms with E-state index in [4.69, 9.17) is 5.84 Å². The van der Waals surface area contributed by atoms with Crippen LogP contribution in [0.15, 0.2) is 31.0 Å². The lowest BCUT2D eigenvalue weighted by Crippen LogP contribution is -2.28. The molecule has 1 unspecified atom stereocenters. The Morgan fingerprint density at radius 3 is 3.07 bits per heavy atom. The van der Waals surface area contributed by atoms with E-state index in [1.54, 1.807) is 0 Å². The highest BCUT2D eigenvalue weighted by Gasteiger charge is 2.09. The van der Waals surface area contributed by atoms with Crippen LogP contribution in [0.4, 0.5) is 0 Å². The molecule has 1 atom stereocenters. The average molecular weight is 191 g/mol. The monoisotopic (exact) mass is 191 g/mol. The first-order valence-corrected chi connectivity index (χ1v) is 4.77. The highest BCUT2D eigenvalue weighted by atomic mass is 15.2. The summed E-state index contributed by atoms with van der Waals surface area (Å²) < 4.78 is 0. The minimum absolute atomic E-state index is 0.118. The van der Waals surface area contributed by atoms with Crippen LogP contribution >= 0.6 is 0 Å². The Hall–Kier alpha value is -1.19. The first-order chi connectivity index (χ1) is 6.77. The van der Waals surface area contributed by atoms with E-state index in [-0.39, 0.29) is 6.04 Å². The number of pyridine rings is 1. The molecule has 3 heteroatoms. The molecule has 0 aromatic carbocycles. The van der Waals surface area contributed by atoms with Crippen molar-refractivity contribution in [1.82, 2.24) is 10.4 Å². The van der Waals surface area contributed by atoms with Gasteiger partial charge in [-0.2, -0.15) is 0 Å². The second-order valence-corrected chi connectivity index (χ2v) is 3.34. The van der Waals surface area contributed by atoms with Gasteiger partial charge in [-0.3, -0.25) is 16.3 Å². The fourth-order valence-corrected chi connectivity index (χ4v) is 1.35. The Morgan fingerprint density at radius 1 is 1.71 bits per heavy atom. The van der Waals surface area contributed by atoms with E-state index in [0.29, 0.717) is 0 Å². The van der Waals surface area contributed by atoms with Crippen LogP contribution in [0, 0.1) is 6.92 Å². The van der Waals surface area contributed by atoms with Gasteiger partial charge in [-0.05, 0) is 37.5 Å². The molecular weight excluding hydrogens is 174 g/mol. The molecule has 1 aromatic heterocycles. The quantitative estimate of drug-likeness (QED) is 0.424. The lowest BCUT2D eigenvalue weighted by molar-refractivity contribution is 0.508. The van der Waals surface area contributed by atoms with E-state index >= 15 is 0 Å². The van der Waals surface area contributed by atoms with Crippen molar-refractivity contribution in [2.75, 3.05) is 0 Å². The summed E-state index contributed by atoms with van der Waals surface area (Å²) in [6.45, 7) is 5.74. The van der Waals surface area contributed by atoms with Crippen LogP contribution in [0.5, 0.6) is 0 Å². The first kappa shape index (κ1) is 10.9. The van der Waals surface area contributed by atoms with Gasteiger partial charge in [-0.15, -0.1) is 6.58 Å². The van der Waals surface area contributed by atoms with Crippen LogP contribution in [0.1, 0.15) is 30.1 Å². The van der Waals surface area contributed by atoms with Crippen molar-refractivity contribution in [2.24, 2.45) is 5.84 Å². The Bertz CT molecular complexity index is 296. The normalized spacial score (nSPS) is 12.4. The number of nitrogens with one attached hydrogen (secondary N) is 1. The molecule has 1 rings (SSSR count). The molecule has 0 aliphatic heterocycles. The predicted octanol–water partition coefficient (Wildman–Crippen LogP) is 1.86. The van der Waals surface area contributed by atoms with Crippen molar-refractivity contribution in [3.05, 3.63) is 42.2 Å². The maximum Gasteiger partial charge on any atom is 0.0635 e. The van der Waals surface area contributed by atoms with Gasteiger partial charge < -0.3 is 0 Å². The zero-order valence-corrected chi connectivity index (χ0v) is 8.53. The number of nitrogens with zero attached hydrogens (tertiary/aromatic N) is 1. The topological polar surface area (TPSA) is 50.9 Å². The number of rotatable bonds is 5. The second kappa shape index (κ2) is 5.52. The summed E-state index contributed by atoms with van der Waals surface area (Å²) in [6, 6.07) is 4.14. The van der Waals surface area contributed by atoms with E-state index in [2.05, 4.69) is 17.0 Å². The smallest absolute Gasteiger partial charge is 0.0635 e. The predicted molar refractivity (Wildman–Crippen MR) is 58.5 cm³/mol. The summed E-state index contributed by atoms with van der Waals surface area (Å²) in [5.74, 6) is 5.47. The lowest BCUT2D eigenvalue weighted by atomic mass is 10.1. The van der Waals surface area contributed by atoms with Gasteiger partial charge in [0.15, 0.2) is 0 Å². The molecule has 14 heavy (non-hydrogen) atoms. The number of nitrogens with two attached hydrogens (primary N) is 1. The van der Waals surface area contributed by atoms with E-state index < -0.39 is 0 Å². The van der Waals surface area contributed by atoms with Crippen molar-refractivity contribution in [3.8, 4) is 0 Å². The summed E-state index contributed by atoms with van der Waals surface area (Å²) in [5, 5.41) is 0. The molecular formula is C11H17N3. The highest BCUT2D eigenvalue weighted by molar-refractivity contribution is 5.17. The molecule has 0 amide bonds. The summed E-state index contributed by atoms with van der Waals surface area (Å²) in [6.07, 6.45) is 5.56. The van der Waals surface area contributed by atoms with Gasteiger partial charge in [0.1, 0.15) is 0 Å². The molecule has 3 nitrogen and oxygen atoms in total.